The van der Waals surface area contributed by atoms with Gasteiger partial charge < -0.3 is 10.4 Å². The number of carboxylic acids is 1. The van der Waals surface area contributed by atoms with E-state index in [0.717, 1.165) is 18.2 Å². The maximum absolute atomic E-state index is 10.6. The number of nitrogens with zero attached hydrogens (tertiary/aromatic N) is 1. The molecule has 0 aliphatic heterocycles. The Bertz CT molecular complexity index is 358. The molecule has 1 aliphatic rings. The Balaban J connectivity index is 1.73. The van der Waals surface area contributed by atoms with Crippen LogP contribution < -0.4 is 5.32 Å². The van der Waals surface area contributed by atoms with Crippen molar-refractivity contribution in [2.24, 2.45) is 5.92 Å². The summed E-state index contributed by atoms with van der Waals surface area (Å²) >= 11 is 0. The highest BCUT2D eigenvalue weighted by Crippen LogP contribution is 2.31. The predicted molar refractivity (Wildman–Crippen MR) is 60.2 cm³/mol. The Hall–Kier alpha value is -1.42. The maximum atomic E-state index is 10.6. The lowest BCUT2D eigenvalue weighted by molar-refractivity contribution is 0.0696. The minimum absolute atomic E-state index is 0.238. The molecule has 1 aliphatic carbocycles. The quantitative estimate of drug-likeness (QED) is 0.716. The van der Waals surface area contributed by atoms with Crippen molar-refractivity contribution in [1.29, 1.82) is 0 Å². The number of aromatic nitrogens is 1. The summed E-state index contributed by atoms with van der Waals surface area (Å²) in [6.45, 7) is 1.74. The monoisotopic (exact) mass is 220 g/mol. The van der Waals surface area contributed by atoms with E-state index in [0.29, 0.717) is 6.54 Å². The zero-order valence-electron chi connectivity index (χ0n) is 9.15. The zero-order chi connectivity index (χ0) is 11.4. The Morgan fingerprint density at radius 3 is 2.88 bits per heavy atom. The second-order valence-electron chi connectivity index (χ2n) is 4.25. The van der Waals surface area contributed by atoms with Crippen LogP contribution in [-0.2, 0) is 6.54 Å². The van der Waals surface area contributed by atoms with E-state index in [2.05, 4.69) is 10.3 Å². The summed E-state index contributed by atoms with van der Waals surface area (Å²) in [4.78, 5) is 14.7. The maximum Gasteiger partial charge on any atom is 0.337 e. The third-order valence-corrected chi connectivity index (χ3v) is 2.80. The number of hydrogen-bond donors (Lipinski definition) is 2. The first-order valence-corrected chi connectivity index (χ1v) is 5.64. The van der Waals surface area contributed by atoms with Crippen LogP contribution in [0.3, 0.4) is 0 Å². The van der Waals surface area contributed by atoms with Crippen LogP contribution in [0.1, 0.15) is 35.3 Å². The zero-order valence-corrected chi connectivity index (χ0v) is 9.15. The number of pyridine rings is 1. The van der Waals surface area contributed by atoms with Gasteiger partial charge in [0.05, 0.1) is 11.3 Å². The standard InChI is InChI=1S/C12H16N2O2/c15-12(16)10-3-4-11(14-7-10)8-13-6-5-9-1-2-9/h3-4,7,9,13H,1-2,5-6,8H2,(H,15,16). The lowest BCUT2D eigenvalue weighted by atomic mass is 10.2. The average Bonchev–Trinajstić information content (AvgIpc) is 3.09. The minimum Gasteiger partial charge on any atom is -0.478 e. The van der Waals surface area contributed by atoms with Gasteiger partial charge in [-0.2, -0.15) is 0 Å². The van der Waals surface area contributed by atoms with Gasteiger partial charge in [-0.15, -0.1) is 0 Å². The van der Waals surface area contributed by atoms with Crippen molar-refractivity contribution >= 4 is 5.97 Å². The van der Waals surface area contributed by atoms with Crippen LogP contribution in [0.15, 0.2) is 18.3 Å². The summed E-state index contributed by atoms with van der Waals surface area (Å²) in [5, 5.41) is 12.0. The normalized spacial score (nSPS) is 15.0. The summed E-state index contributed by atoms with van der Waals surface area (Å²) in [6, 6.07) is 3.35. The number of carbonyl (C=O) groups is 1. The van der Waals surface area contributed by atoms with E-state index in [4.69, 9.17) is 5.11 Å². The SMILES string of the molecule is O=C(O)c1ccc(CNCCC2CC2)nc1. The molecular formula is C12H16N2O2. The molecule has 4 heteroatoms. The number of nitrogens with one attached hydrogen (secondary N) is 1. The fraction of sp³-hybridized carbons (Fsp3) is 0.500. The van der Waals surface area contributed by atoms with Gasteiger partial charge >= 0.3 is 5.97 Å². The topological polar surface area (TPSA) is 62.2 Å². The number of carboxylic acid groups (broad SMARTS) is 1. The molecule has 86 valence electrons. The lowest BCUT2D eigenvalue weighted by Gasteiger charge is -2.03. The summed E-state index contributed by atoms with van der Waals surface area (Å²) in [5.41, 5.74) is 1.13. The third-order valence-electron chi connectivity index (χ3n) is 2.80. The van der Waals surface area contributed by atoms with Gasteiger partial charge in [-0.25, -0.2) is 4.79 Å². The van der Waals surface area contributed by atoms with Crippen LogP contribution in [0.5, 0.6) is 0 Å². The first kappa shape index (κ1) is 11.1. The molecule has 16 heavy (non-hydrogen) atoms. The predicted octanol–water partition coefficient (Wildman–Crippen LogP) is 1.67. The van der Waals surface area contributed by atoms with Gasteiger partial charge in [-0.05, 0) is 31.0 Å². The van der Waals surface area contributed by atoms with E-state index < -0.39 is 5.97 Å². The van der Waals surface area contributed by atoms with Gasteiger partial charge in [-0.3, -0.25) is 4.98 Å². The van der Waals surface area contributed by atoms with E-state index in [1.807, 2.05) is 0 Å². The second-order valence-corrected chi connectivity index (χ2v) is 4.25. The Morgan fingerprint density at radius 2 is 2.31 bits per heavy atom. The molecule has 2 N–H and O–H groups in total. The molecule has 0 unspecified atom stereocenters. The Morgan fingerprint density at radius 1 is 1.50 bits per heavy atom. The molecule has 0 aromatic carbocycles. The second kappa shape index (κ2) is 5.07. The van der Waals surface area contributed by atoms with Gasteiger partial charge in [-0.1, -0.05) is 12.8 Å². The fourth-order valence-electron chi connectivity index (χ4n) is 1.58. The number of rotatable bonds is 6. The molecule has 0 amide bonds. The molecule has 1 heterocycles. The number of aromatic carboxylic acids is 1. The Labute approximate surface area is 94.7 Å². The molecule has 1 aromatic rings. The van der Waals surface area contributed by atoms with Crippen molar-refractivity contribution in [2.45, 2.75) is 25.8 Å². The van der Waals surface area contributed by atoms with E-state index >= 15 is 0 Å². The first-order valence-electron chi connectivity index (χ1n) is 5.64. The van der Waals surface area contributed by atoms with Gasteiger partial charge in [0, 0.05) is 12.7 Å². The lowest BCUT2D eigenvalue weighted by Crippen LogP contribution is -2.16. The van der Waals surface area contributed by atoms with E-state index in [9.17, 15) is 4.79 Å². The van der Waals surface area contributed by atoms with Crippen molar-refractivity contribution in [2.75, 3.05) is 6.54 Å². The van der Waals surface area contributed by atoms with Crippen LogP contribution in [0, 0.1) is 5.92 Å². The highest BCUT2D eigenvalue weighted by molar-refractivity contribution is 5.87. The first-order chi connectivity index (χ1) is 7.75. The van der Waals surface area contributed by atoms with Gasteiger partial charge in [0.2, 0.25) is 0 Å². The van der Waals surface area contributed by atoms with Gasteiger partial charge in [0.25, 0.3) is 0 Å². The molecule has 0 bridgehead atoms. The minimum atomic E-state index is -0.930. The molecule has 0 saturated heterocycles. The van der Waals surface area contributed by atoms with Crippen LogP contribution in [0.4, 0.5) is 0 Å². The van der Waals surface area contributed by atoms with Crippen molar-refractivity contribution in [3.63, 3.8) is 0 Å². The summed E-state index contributed by atoms with van der Waals surface area (Å²) in [6.07, 6.45) is 5.41. The summed E-state index contributed by atoms with van der Waals surface area (Å²) in [7, 11) is 0. The highest BCUT2D eigenvalue weighted by atomic mass is 16.4. The third kappa shape index (κ3) is 3.31. The fourth-order valence-corrected chi connectivity index (χ4v) is 1.58. The number of hydrogen-bond acceptors (Lipinski definition) is 3. The van der Waals surface area contributed by atoms with Crippen LogP contribution in [0.2, 0.25) is 0 Å². The van der Waals surface area contributed by atoms with Crippen LogP contribution in [-0.4, -0.2) is 22.6 Å². The average molecular weight is 220 g/mol. The molecule has 0 atom stereocenters. The van der Waals surface area contributed by atoms with E-state index in [1.165, 1.54) is 25.5 Å². The van der Waals surface area contributed by atoms with Crippen molar-refractivity contribution in [3.8, 4) is 0 Å². The molecule has 0 spiro atoms. The highest BCUT2D eigenvalue weighted by Gasteiger charge is 2.19. The van der Waals surface area contributed by atoms with Gasteiger partial charge in [0.1, 0.15) is 0 Å². The molecular weight excluding hydrogens is 204 g/mol. The largest absolute Gasteiger partial charge is 0.478 e. The van der Waals surface area contributed by atoms with E-state index in [-0.39, 0.29) is 5.56 Å². The molecule has 4 nitrogen and oxygen atoms in total. The van der Waals surface area contributed by atoms with Crippen LogP contribution in [0.25, 0.3) is 0 Å². The molecule has 1 fully saturated rings. The molecule has 2 rings (SSSR count). The smallest absolute Gasteiger partial charge is 0.337 e. The van der Waals surface area contributed by atoms with Crippen molar-refractivity contribution in [3.05, 3.63) is 29.6 Å². The van der Waals surface area contributed by atoms with E-state index in [1.54, 1.807) is 12.1 Å². The van der Waals surface area contributed by atoms with Crippen LogP contribution >= 0.6 is 0 Å². The molecule has 1 saturated carbocycles. The Kier molecular flexibility index (Phi) is 3.51. The summed E-state index contributed by atoms with van der Waals surface area (Å²) < 4.78 is 0. The van der Waals surface area contributed by atoms with Crippen molar-refractivity contribution in [1.82, 2.24) is 10.3 Å². The van der Waals surface area contributed by atoms with Gasteiger partial charge in [0.15, 0.2) is 0 Å². The molecule has 1 aromatic heterocycles. The van der Waals surface area contributed by atoms with Crippen molar-refractivity contribution < 1.29 is 9.90 Å². The summed E-state index contributed by atoms with van der Waals surface area (Å²) in [5.74, 6) is 0.00980. The molecule has 0 radical (unpaired) electrons.